The molecule has 0 atom stereocenters. The molecule has 2 aromatic carbocycles. The Balaban J connectivity index is 0.00000100. The Morgan fingerprint density at radius 1 is 0.833 bits per heavy atom. The third-order valence-corrected chi connectivity index (χ3v) is 4.15. The molecule has 0 saturated carbocycles. The molecule has 0 radical (unpaired) electrons. The quantitative estimate of drug-likeness (QED) is 0.530. The summed E-state index contributed by atoms with van der Waals surface area (Å²) in [6.45, 7) is 6.07. The summed E-state index contributed by atoms with van der Waals surface area (Å²) in [5.41, 5.74) is 3.72. The van der Waals surface area contributed by atoms with Crippen LogP contribution in [-0.2, 0) is 0 Å². The van der Waals surface area contributed by atoms with Crippen LogP contribution >= 0.6 is 11.6 Å². The summed E-state index contributed by atoms with van der Waals surface area (Å²) in [4.78, 5) is 0. The average molecular weight is 347 g/mol. The SMILES string of the molecule is CC.CC1=CC=C(c2ccc(-c3ccc(Cl)cc3F)cc2F)CC1. The first-order chi connectivity index (χ1) is 11.5. The van der Waals surface area contributed by atoms with E-state index in [0.29, 0.717) is 21.7 Å². The second-order valence-electron chi connectivity index (χ2n) is 5.52. The van der Waals surface area contributed by atoms with Crippen molar-refractivity contribution in [2.24, 2.45) is 0 Å². The zero-order chi connectivity index (χ0) is 17.7. The number of halogens is 3. The molecule has 126 valence electrons. The summed E-state index contributed by atoms with van der Waals surface area (Å²) >= 11 is 5.75. The third kappa shape index (κ3) is 4.12. The summed E-state index contributed by atoms with van der Waals surface area (Å²) in [6.07, 6.45) is 5.75. The summed E-state index contributed by atoms with van der Waals surface area (Å²) in [5.74, 6) is -0.777. The molecule has 0 nitrogen and oxygen atoms in total. The van der Waals surface area contributed by atoms with E-state index in [1.54, 1.807) is 24.3 Å². The smallest absolute Gasteiger partial charge is 0.132 e. The Kier molecular flexibility index (Phi) is 6.33. The second-order valence-corrected chi connectivity index (χ2v) is 5.96. The van der Waals surface area contributed by atoms with E-state index in [0.717, 1.165) is 18.4 Å². The topological polar surface area (TPSA) is 0 Å². The molecular formula is C21H21ClF2. The highest BCUT2D eigenvalue weighted by atomic mass is 35.5. The molecule has 24 heavy (non-hydrogen) atoms. The molecule has 1 aliphatic carbocycles. The highest BCUT2D eigenvalue weighted by Gasteiger charge is 2.13. The van der Waals surface area contributed by atoms with Gasteiger partial charge in [0.1, 0.15) is 11.6 Å². The van der Waals surface area contributed by atoms with E-state index in [1.807, 2.05) is 26.0 Å². The first-order valence-electron chi connectivity index (χ1n) is 8.16. The monoisotopic (exact) mass is 346 g/mol. The molecule has 3 heteroatoms. The fourth-order valence-corrected chi connectivity index (χ4v) is 2.79. The molecule has 0 heterocycles. The Morgan fingerprint density at radius 2 is 1.50 bits per heavy atom. The van der Waals surface area contributed by atoms with E-state index in [1.165, 1.54) is 17.7 Å². The van der Waals surface area contributed by atoms with Gasteiger partial charge in [-0.25, -0.2) is 8.78 Å². The fraction of sp³-hybridized carbons (Fsp3) is 0.238. The van der Waals surface area contributed by atoms with E-state index in [4.69, 9.17) is 11.6 Å². The third-order valence-electron chi connectivity index (χ3n) is 3.91. The normalized spacial score (nSPS) is 13.6. The van der Waals surface area contributed by atoms with Crippen LogP contribution in [0.2, 0.25) is 5.02 Å². The van der Waals surface area contributed by atoms with Gasteiger partial charge in [0.05, 0.1) is 0 Å². The van der Waals surface area contributed by atoms with E-state index in [2.05, 4.69) is 6.92 Å². The van der Waals surface area contributed by atoms with Crippen molar-refractivity contribution in [1.29, 1.82) is 0 Å². The van der Waals surface area contributed by atoms with Crippen LogP contribution in [-0.4, -0.2) is 0 Å². The van der Waals surface area contributed by atoms with Gasteiger partial charge in [-0.05, 0) is 55.2 Å². The lowest BCUT2D eigenvalue weighted by Crippen LogP contribution is -1.95. The fourth-order valence-electron chi connectivity index (χ4n) is 2.63. The van der Waals surface area contributed by atoms with Gasteiger partial charge in [-0.3, -0.25) is 0 Å². The van der Waals surface area contributed by atoms with Crippen molar-refractivity contribution >= 4 is 17.2 Å². The van der Waals surface area contributed by atoms with Gasteiger partial charge in [-0.2, -0.15) is 0 Å². The van der Waals surface area contributed by atoms with Crippen molar-refractivity contribution in [1.82, 2.24) is 0 Å². The molecule has 3 rings (SSSR count). The summed E-state index contributed by atoms with van der Waals surface area (Å²) in [5, 5.41) is 0.327. The number of hydrogen-bond acceptors (Lipinski definition) is 0. The van der Waals surface area contributed by atoms with Crippen LogP contribution in [0.3, 0.4) is 0 Å². The number of allylic oxidation sites excluding steroid dienone is 4. The van der Waals surface area contributed by atoms with Crippen molar-refractivity contribution in [3.63, 3.8) is 0 Å². The molecule has 0 aromatic heterocycles. The Morgan fingerprint density at radius 3 is 2.08 bits per heavy atom. The molecule has 0 N–H and O–H groups in total. The number of rotatable bonds is 2. The molecule has 1 aliphatic rings. The van der Waals surface area contributed by atoms with Gasteiger partial charge in [0, 0.05) is 16.1 Å². The van der Waals surface area contributed by atoms with E-state index in [9.17, 15) is 8.78 Å². The Hall–Kier alpha value is -1.93. The van der Waals surface area contributed by atoms with Crippen molar-refractivity contribution in [3.05, 3.63) is 76.3 Å². The van der Waals surface area contributed by atoms with Crippen molar-refractivity contribution in [3.8, 4) is 11.1 Å². The molecule has 0 bridgehead atoms. The summed E-state index contributed by atoms with van der Waals surface area (Å²) in [6, 6.07) is 9.25. The van der Waals surface area contributed by atoms with Crippen molar-refractivity contribution in [2.75, 3.05) is 0 Å². The van der Waals surface area contributed by atoms with Crippen LogP contribution < -0.4 is 0 Å². The van der Waals surface area contributed by atoms with Crippen LogP contribution in [0.4, 0.5) is 8.78 Å². The van der Waals surface area contributed by atoms with Crippen molar-refractivity contribution < 1.29 is 8.78 Å². The second kappa shape index (κ2) is 8.25. The summed E-state index contributed by atoms with van der Waals surface area (Å²) in [7, 11) is 0. The summed E-state index contributed by atoms with van der Waals surface area (Å²) < 4.78 is 28.4. The van der Waals surface area contributed by atoms with Gasteiger partial charge in [0.15, 0.2) is 0 Å². The van der Waals surface area contributed by atoms with Crippen LogP contribution in [0, 0.1) is 11.6 Å². The minimum atomic E-state index is -0.449. The minimum Gasteiger partial charge on any atom is -0.206 e. The first-order valence-corrected chi connectivity index (χ1v) is 8.54. The van der Waals surface area contributed by atoms with Crippen molar-refractivity contribution in [2.45, 2.75) is 33.6 Å². The first kappa shape index (κ1) is 18.4. The highest BCUT2D eigenvalue weighted by molar-refractivity contribution is 6.30. The van der Waals surface area contributed by atoms with Gasteiger partial charge in [0.25, 0.3) is 0 Å². The lowest BCUT2D eigenvalue weighted by Gasteiger charge is -2.14. The van der Waals surface area contributed by atoms with Gasteiger partial charge < -0.3 is 0 Å². The number of benzene rings is 2. The van der Waals surface area contributed by atoms with E-state index >= 15 is 0 Å². The average Bonchev–Trinajstić information content (AvgIpc) is 2.58. The highest BCUT2D eigenvalue weighted by Crippen LogP contribution is 2.32. The standard InChI is InChI=1S/C19H15ClF2.C2H6/c1-12-2-4-13(5-3-12)16-8-6-14(10-18(16)21)17-9-7-15(20)11-19(17)22;1-2/h2,4,6-11H,3,5H2,1H3;1-2H3. The van der Waals surface area contributed by atoms with Crippen LogP contribution in [0.25, 0.3) is 16.7 Å². The maximum atomic E-state index is 14.4. The largest absolute Gasteiger partial charge is 0.206 e. The Labute approximate surface area is 147 Å². The van der Waals surface area contributed by atoms with E-state index in [-0.39, 0.29) is 5.82 Å². The molecule has 2 aromatic rings. The molecule has 0 unspecified atom stereocenters. The maximum Gasteiger partial charge on any atom is 0.132 e. The lowest BCUT2D eigenvalue weighted by atomic mass is 9.92. The lowest BCUT2D eigenvalue weighted by molar-refractivity contribution is 0.621. The number of hydrogen-bond donors (Lipinski definition) is 0. The minimum absolute atomic E-state index is 0.327. The zero-order valence-electron chi connectivity index (χ0n) is 14.2. The maximum absolute atomic E-state index is 14.4. The van der Waals surface area contributed by atoms with E-state index < -0.39 is 5.82 Å². The van der Waals surface area contributed by atoms with Gasteiger partial charge in [0.2, 0.25) is 0 Å². The molecule has 0 amide bonds. The molecule has 0 aliphatic heterocycles. The molecule has 0 spiro atoms. The van der Waals surface area contributed by atoms with Gasteiger partial charge in [-0.1, -0.05) is 55.3 Å². The molecular weight excluding hydrogens is 326 g/mol. The van der Waals surface area contributed by atoms with Gasteiger partial charge >= 0.3 is 0 Å². The predicted octanol–water partition coefficient (Wildman–Crippen LogP) is 7.43. The molecule has 0 fully saturated rings. The van der Waals surface area contributed by atoms with Crippen LogP contribution in [0.5, 0.6) is 0 Å². The Bertz CT molecular complexity index is 788. The van der Waals surface area contributed by atoms with Crippen LogP contribution in [0.1, 0.15) is 39.2 Å². The predicted molar refractivity (Wildman–Crippen MR) is 99.1 cm³/mol. The molecule has 0 saturated heterocycles. The van der Waals surface area contributed by atoms with Crippen LogP contribution in [0.15, 0.2) is 54.1 Å². The van der Waals surface area contributed by atoms with Gasteiger partial charge in [-0.15, -0.1) is 0 Å². The zero-order valence-corrected chi connectivity index (χ0v) is 14.9.